The van der Waals surface area contributed by atoms with E-state index in [1.165, 1.54) is 6.42 Å². The molecule has 0 aromatic heterocycles. The van der Waals surface area contributed by atoms with Gasteiger partial charge in [0.15, 0.2) is 6.61 Å². The van der Waals surface area contributed by atoms with E-state index in [4.69, 9.17) is 9.84 Å². The van der Waals surface area contributed by atoms with E-state index >= 15 is 0 Å². The first-order chi connectivity index (χ1) is 10.0. The molecule has 1 unspecified atom stereocenters. The van der Waals surface area contributed by atoms with E-state index in [1.54, 1.807) is 12.1 Å². The van der Waals surface area contributed by atoms with Gasteiger partial charge in [-0.2, -0.15) is 0 Å². The van der Waals surface area contributed by atoms with Crippen LogP contribution < -0.4 is 10.1 Å². The molecule has 21 heavy (non-hydrogen) atoms. The van der Waals surface area contributed by atoms with Crippen molar-refractivity contribution in [2.75, 3.05) is 6.61 Å². The Kier molecular flexibility index (Phi) is 5.20. The number of hydrogen-bond acceptors (Lipinski definition) is 3. The van der Waals surface area contributed by atoms with Gasteiger partial charge in [-0.15, -0.1) is 0 Å². The summed E-state index contributed by atoms with van der Waals surface area (Å²) in [4.78, 5) is 22.3. The van der Waals surface area contributed by atoms with Gasteiger partial charge in [0, 0.05) is 6.42 Å². The zero-order valence-electron chi connectivity index (χ0n) is 12.2. The topological polar surface area (TPSA) is 75.6 Å². The second kappa shape index (κ2) is 7.11. The molecule has 1 amide bonds. The molecule has 114 valence electrons. The van der Waals surface area contributed by atoms with Crippen LogP contribution in [0.1, 0.15) is 44.2 Å². The molecule has 1 aliphatic carbocycles. The van der Waals surface area contributed by atoms with E-state index in [-0.39, 0.29) is 18.6 Å². The highest BCUT2D eigenvalue weighted by molar-refractivity contribution is 5.76. The number of carboxylic acids is 1. The van der Waals surface area contributed by atoms with Gasteiger partial charge >= 0.3 is 5.97 Å². The van der Waals surface area contributed by atoms with Crippen molar-refractivity contribution in [3.05, 3.63) is 29.8 Å². The van der Waals surface area contributed by atoms with Gasteiger partial charge < -0.3 is 15.2 Å². The lowest BCUT2D eigenvalue weighted by Crippen LogP contribution is -2.29. The zero-order valence-corrected chi connectivity index (χ0v) is 12.2. The molecule has 0 radical (unpaired) electrons. The Morgan fingerprint density at radius 2 is 2.00 bits per heavy atom. The molecule has 0 spiro atoms. The highest BCUT2D eigenvalue weighted by atomic mass is 16.5. The Morgan fingerprint density at radius 3 is 2.52 bits per heavy atom. The van der Waals surface area contributed by atoms with Crippen molar-refractivity contribution in [2.45, 2.75) is 38.6 Å². The molecule has 1 aromatic rings. The van der Waals surface area contributed by atoms with Gasteiger partial charge in [0.1, 0.15) is 5.75 Å². The number of carboxylic acid groups (broad SMARTS) is 1. The lowest BCUT2D eigenvalue weighted by molar-refractivity contribution is -0.139. The monoisotopic (exact) mass is 291 g/mol. The summed E-state index contributed by atoms with van der Waals surface area (Å²) in [6, 6.07) is 7.04. The van der Waals surface area contributed by atoms with Gasteiger partial charge in [-0.25, -0.2) is 4.79 Å². The van der Waals surface area contributed by atoms with Crippen molar-refractivity contribution >= 4 is 11.9 Å². The first-order valence-corrected chi connectivity index (χ1v) is 7.28. The third kappa shape index (κ3) is 4.77. The molecule has 5 heteroatoms. The van der Waals surface area contributed by atoms with E-state index < -0.39 is 5.97 Å². The second-order valence-electron chi connectivity index (χ2n) is 5.54. The van der Waals surface area contributed by atoms with Crippen molar-refractivity contribution in [1.82, 2.24) is 5.32 Å². The predicted octanol–water partition coefficient (Wildman–Crippen LogP) is 2.52. The van der Waals surface area contributed by atoms with E-state index in [2.05, 4.69) is 5.32 Å². The Morgan fingerprint density at radius 1 is 1.33 bits per heavy atom. The Labute approximate surface area is 124 Å². The number of amides is 1. The number of hydrogen-bond donors (Lipinski definition) is 2. The van der Waals surface area contributed by atoms with Crippen molar-refractivity contribution in [3.8, 4) is 5.75 Å². The zero-order chi connectivity index (χ0) is 15.2. The Balaban J connectivity index is 1.82. The van der Waals surface area contributed by atoms with Gasteiger partial charge in [-0.3, -0.25) is 4.79 Å². The molecule has 1 fully saturated rings. The summed E-state index contributed by atoms with van der Waals surface area (Å²) in [6.45, 7) is 1.58. The lowest BCUT2D eigenvalue weighted by atomic mass is 9.83. The van der Waals surface area contributed by atoms with Crippen LogP contribution in [0.4, 0.5) is 0 Å². The van der Waals surface area contributed by atoms with Gasteiger partial charge in [0.2, 0.25) is 5.91 Å². The fraction of sp³-hybridized carbons (Fsp3) is 0.500. The molecule has 2 rings (SSSR count). The highest BCUT2D eigenvalue weighted by Gasteiger charge is 2.21. The van der Waals surface area contributed by atoms with Crippen LogP contribution in [0, 0.1) is 5.92 Å². The van der Waals surface area contributed by atoms with Crippen LogP contribution in [0.3, 0.4) is 0 Å². The fourth-order valence-electron chi connectivity index (χ4n) is 2.34. The highest BCUT2D eigenvalue weighted by Crippen LogP contribution is 2.29. The second-order valence-corrected chi connectivity index (χ2v) is 5.54. The van der Waals surface area contributed by atoms with Gasteiger partial charge in [-0.1, -0.05) is 18.6 Å². The predicted molar refractivity (Wildman–Crippen MR) is 78.1 cm³/mol. The summed E-state index contributed by atoms with van der Waals surface area (Å²) in [7, 11) is 0. The molecule has 1 aliphatic rings. The minimum atomic E-state index is -1.00. The number of aliphatic carboxylic acids is 1. The quantitative estimate of drug-likeness (QED) is 0.809. The summed E-state index contributed by atoms with van der Waals surface area (Å²) in [5.41, 5.74) is 0.972. The maximum absolute atomic E-state index is 11.9. The first kappa shape index (κ1) is 15.4. The van der Waals surface area contributed by atoms with Crippen LogP contribution in [0.25, 0.3) is 0 Å². The molecule has 1 atom stereocenters. The summed E-state index contributed by atoms with van der Waals surface area (Å²) in [5, 5.41) is 11.5. The third-order valence-electron chi connectivity index (χ3n) is 3.82. The average molecular weight is 291 g/mol. The average Bonchev–Trinajstić information content (AvgIpc) is 2.41. The smallest absolute Gasteiger partial charge is 0.341 e. The third-order valence-corrected chi connectivity index (χ3v) is 3.82. The first-order valence-electron chi connectivity index (χ1n) is 7.28. The van der Waals surface area contributed by atoms with E-state index in [0.717, 1.165) is 18.4 Å². The Bertz CT molecular complexity index is 494. The van der Waals surface area contributed by atoms with Crippen LogP contribution in [-0.2, 0) is 9.59 Å². The lowest BCUT2D eigenvalue weighted by Gasteiger charge is -2.25. The van der Waals surface area contributed by atoms with Gasteiger partial charge in [0.25, 0.3) is 0 Å². The SMILES string of the molecule is CC(NC(=O)CC1CCC1)c1ccc(OCC(=O)O)cc1. The molecule has 2 N–H and O–H groups in total. The van der Waals surface area contributed by atoms with Crippen molar-refractivity contribution in [2.24, 2.45) is 5.92 Å². The molecular formula is C16H21NO4. The standard InChI is InChI=1S/C16H21NO4/c1-11(17-15(18)9-12-3-2-4-12)13-5-7-14(8-6-13)21-10-16(19)20/h5-8,11-12H,2-4,9-10H2,1H3,(H,17,18)(H,19,20). The maximum Gasteiger partial charge on any atom is 0.341 e. The number of rotatable bonds is 7. The largest absolute Gasteiger partial charge is 0.482 e. The molecule has 0 aliphatic heterocycles. The van der Waals surface area contributed by atoms with Crippen LogP contribution in [0.15, 0.2) is 24.3 Å². The van der Waals surface area contributed by atoms with Crippen LogP contribution in [0.2, 0.25) is 0 Å². The summed E-state index contributed by atoms with van der Waals surface area (Å²) in [6.07, 6.45) is 4.18. The molecule has 1 saturated carbocycles. The maximum atomic E-state index is 11.9. The van der Waals surface area contributed by atoms with E-state index in [1.807, 2.05) is 19.1 Å². The molecule has 5 nitrogen and oxygen atoms in total. The normalized spacial score (nSPS) is 15.9. The minimum Gasteiger partial charge on any atom is -0.482 e. The summed E-state index contributed by atoms with van der Waals surface area (Å²) < 4.78 is 5.07. The number of benzene rings is 1. The molecule has 0 heterocycles. The molecule has 0 saturated heterocycles. The summed E-state index contributed by atoms with van der Waals surface area (Å²) in [5.74, 6) is 0.159. The summed E-state index contributed by atoms with van der Waals surface area (Å²) >= 11 is 0. The van der Waals surface area contributed by atoms with Crippen molar-refractivity contribution in [3.63, 3.8) is 0 Å². The van der Waals surface area contributed by atoms with E-state index in [9.17, 15) is 9.59 Å². The van der Waals surface area contributed by atoms with Crippen LogP contribution >= 0.6 is 0 Å². The fourth-order valence-corrected chi connectivity index (χ4v) is 2.34. The minimum absolute atomic E-state index is 0.0638. The van der Waals surface area contributed by atoms with Crippen molar-refractivity contribution in [1.29, 1.82) is 0 Å². The number of nitrogens with one attached hydrogen (secondary N) is 1. The Hall–Kier alpha value is -2.04. The molecular weight excluding hydrogens is 270 g/mol. The van der Waals surface area contributed by atoms with Crippen molar-refractivity contribution < 1.29 is 19.4 Å². The molecule has 1 aromatic carbocycles. The number of carbonyl (C=O) groups excluding carboxylic acids is 1. The van der Waals surface area contributed by atoms with E-state index in [0.29, 0.717) is 18.1 Å². The molecule has 0 bridgehead atoms. The van der Waals surface area contributed by atoms with Crippen LogP contribution in [-0.4, -0.2) is 23.6 Å². The number of ether oxygens (including phenoxy) is 1. The number of carbonyl (C=O) groups is 2. The van der Waals surface area contributed by atoms with Gasteiger partial charge in [0.05, 0.1) is 6.04 Å². The van der Waals surface area contributed by atoms with Gasteiger partial charge in [-0.05, 0) is 43.4 Å². The van der Waals surface area contributed by atoms with Crippen LogP contribution in [0.5, 0.6) is 5.75 Å².